The van der Waals surface area contributed by atoms with Crippen LogP contribution in [0, 0.1) is 5.41 Å². The number of nitrogens with zero attached hydrogens (tertiary/aromatic N) is 1. The highest BCUT2D eigenvalue weighted by Gasteiger charge is 2.28. The molecule has 1 aromatic carbocycles. The second kappa shape index (κ2) is 7.36. The molecule has 0 saturated heterocycles. The molecule has 0 aromatic heterocycles. The van der Waals surface area contributed by atoms with Crippen molar-refractivity contribution in [2.24, 2.45) is 10.9 Å². The predicted molar refractivity (Wildman–Crippen MR) is 83.8 cm³/mol. The van der Waals surface area contributed by atoms with Gasteiger partial charge in [0, 0.05) is 24.9 Å². The number of carbonyl (C=O) groups excluding carboxylic acids is 2. The Balaban J connectivity index is 1.85. The van der Waals surface area contributed by atoms with Gasteiger partial charge < -0.3 is 21.0 Å². The van der Waals surface area contributed by atoms with Crippen LogP contribution in [0.4, 0.5) is 0 Å². The summed E-state index contributed by atoms with van der Waals surface area (Å²) in [6.07, 6.45) is -0.862. The maximum Gasteiger partial charge on any atom is 0.372 e. The van der Waals surface area contributed by atoms with E-state index in [1.807, 2.05) is 0 Å². The topological polar surface area (TPSA) is 155 Å². The third kappa shape index (κ3) is 4.15. The number of aliphatic carboxylic acids is 1. The number of carboxylic acid groups (broad SMARTS) is 1. The molecule has 1 unspecified atom stereocenters. The van der Waals surface area contributed by atoms with Crippen LogP contribution in [0.15, 0.2) is 29.4 Å². The van der Waals surface area contributed by atoms with E-state index in [-0.39, 0.29) is 25.2 Å². The molecular weight excluding hydrogens is 316 g/mol. The summed E-state index contributed by atoms with van der Waals surface area (Å²) in [5.41, 5.74) is 7.28. The fraction of sp³-hybridized carbons (Fsp3) is 0.267. The van der Waals surface area contributed by atoms with Crippen molar-refractivity contribution in [1.29, 1.82) is 5.41 Å². The van der Waals surface area contributed by atoms with Crippen molar-refractivity contribution in [2.75, 3.05) is 6.54 Å². The first-order valence-corrected chi connectivity index (χ1v) is 7.10. The molecule has 1 aromatic rings. The molecule has 1 amide bonds. The van der Waals surface area contributed by atoms with Crippen molar-refractivity contribution < 1.29 is 24.3 Å². The molecule has 9 nitrogen and oxygen atoms in total. The quantitative estimate of drug-likeness (QED) is 0.303. The highest BCUT2D eigenvalue weighted by atomic mass is 16.6. The van der Waals surface area contributed by atoms with Crippen LogP contribution < -0.4 is 11.1 Å². The van der Waals surface area contributed by atoms with Crippen molar-refractivity contribution >= 4 is 29.2 Å². The van der Waals surface area contributed by atoms with Gasteiger partial charge in [-0.2, -0.15) is 0 Å². The Morgan fingerprint density at radius 3 is 2.58 bits per heavy atom. The van der Waals surface area contributed by atoms with E-state index in [1.165, 1.54) is 0 Å². The molecule has 24 heavy (non-hydrogen) atoms. The van der Waals surface area contributed by atoms with Crippen LogP contribution in [0.2, 0.25) is 0 Å². The van der Waals surface area contributed by atoms with E-state index in [2.05, 4.69) is 10.5 Å². The summed E-state index contributed by atoms with van der Waals surface area (Å²) in [7, 11) is 0. The van der Waals surface area contributed by atoms with Crippen LogP contribution >= 0.6 is 0 Å². The number of hydrogen-bond donors (Lipinski definition) is 4. The van der Waals surface area contributed by atoms with E-state index >= 15 is 0 Å². The normalized spacial score (nSPS) is 16.0. The molecule has 5 N–H and O–H groups in total. The molecule has 126 valence electrons. The van der Waals surface area contributed by atoms with Gasteiger partial charge in [-0.15, -0.1) is 0 Å². The first kappa shape index (κ1) is 17.1. The van der Waals surface area contributed by atoms with Crippen molar-refractivity contribution in [3.05, 3.63) is 35.4 Å². The third-order valence-electron chi connectivity index (χ3n) is 3.38. The number of benzene rings is 1. The summed E-state index contributed by atoms with van der Waals surface area (Å²) >= 11 is 0. The number of nitrogens with one attached hydrogen (secondary N) is 2. The zero-order chi connectivity index (χ0) is 17.7. The monoisotopic (exact) mass is 332 g/mol. The van der Waals surface area contributed by atoms with Crippen molar-refractivity contribution in [3.63, 3.8) is 0 Å². The molecule has 1 aliphatic heterocycles. The van der Waals surface area contributed by atoms with Crippen LogP contribution in [0.3, 0.4) is 0 Å². The molecule has 0 radical (unpaired) electrons. The minimum absolute atomic E-state index is 0.0423. The maximum atomic E-state index is 11.9. The van der Waals surface area contributed by atoms with Crippen LogP contribution in [0.1, 0.15) is 24.0 Å². The number of oxime groups is 1. The summed E-state index contributed by atoms with van der Waals surface area (Å²) < 4.78 is 0. The lowest BCUT2D eigenvalue weighted by atomic mass is 10.0. The molecule has 2 rings (SSSR count). The molecule has 1 aliphatic rings. The fourth-order valence-corrected chi connectivity index (χ4v) is 2.05. The Bertz CT molecular complexity index is 711. The minimum atomic E-state index is -1.53. The molecule has 1 atom stereocenters. The number of rotatable bonds is 7. The summed E-state index contributed by atoms with van der Waals surface area (Å²) in [6.45, 7) is -0.0769. The lowest BCUT2D eigenvalue weighted by molar-refractivity contribution is -0.149. The van der Waals surface area contributed by atoms with E-state index in [4.69, 9.17) is 21.1 Å². The molecule has 9 heteroatoms. The lowest BCUT2D eigenvalue weighted by Gasteiger charge is -2.08. The van der Waals surface area contributed by atoms with Crippen LogP contribution in [-0.4, -0.2) is 47.0 Å². The fourth-order valence-electron chi connectivity index (χ4n) is 2.05. The zero-order valence-electron chi connectivity index (χ0n) is 12.6. The summed E-state index contributed by atoms with van der Waals surface area (Å²) in [6, 6.07) is 6.80. The number of amides is 1. The van der Waals surface area contributed by atoms with Crippen LogP contribution in [-0.2, 0) is 19.2 Å². The van der Waals surface area contributed by atoms with Gasteiger partial charge in [-0.05, 0) is 5.56 Å². The van der Waals surface area contributed by atoms with Gasteiger partial charge in [0.25, 0.3) is 5.91 Å². The number of ketones is 1. The average molecular weight is 332 g/mol. The van der Waals surface area contributed by atoms with Crippen molar-refractivity contribution in [3.8, 4) is 0 Å². The Kier molecular flexibility index (Phi) is 5.25. The lowest BCUT2D eigenvalue weighted by Crippen LogP contribution is -2.36. The molecule has 0 aliphatic carbocycles. The Morgan fingerprint density at radius 2 is 2.00 bits per heavy atom. The smallest absolute Gasteiger partial charge is 0.372 e. The number of nitrogen functional groups attached to an aromatic ring is 1. The van der Waals surface area contributed by atoms with Crippen molar-refractivity contribution in [1.82, 2.24) is 5.32 Å². The summed E-state index contributed by atoms with van der Waals surface area (Å²) in [5, 5.41) is 22.1. The van der Waals surface area contributed by atoms with E-state index in [1.54, 1.807) is 24.3 Å². The average Bonchev–Trinajstić information content (AvgIpc) is 3.04. The third-order valence-corrected chi connectivity index (χ3v) is 3.38. The van der Waals surface area contributed by atoms with Gasteiger partial charge in [-0.1, -0.05) is 29.4 Å². The number of Topliss-reactive ketones (excluding diaryl/α,β-unsaturated/α-hetero) is 1. The highest BCUT2D eigenvalue weighted by molar-refractivity contribution is 6.32. The summed E-state index contributed by atoms with van der Waals surface area (Å²) in [4.78, 5) is 38.3. The zero-order valence-corrected chi connectivity index (χ0v) is 12.6. The molecule has 1 heterocycles. The van der Waals surface area contributed by atoms with E-state index in [0.717, 1.165) is 5.56 Å². The van der Waals surface area contributed by atoms with Gasteiger partial charge in [-0.25, -0.2) is 4.79 Å². The van der Waals surface area contributed by atoms with E-state index in [0.29, 0.717) is 11.3 Å². The minimum Gasteiger partial charge on any atom is -0.476 e. The second-order valence-corrected chi connectivity index (χ2v) is 5.10. The Morgan fingerprint density at radius 1 is 1.33 bits per heavy atom. The summed E-state index contributed by atoms with van der Waals surface area (Å²) in [5.74, 6) is -3.00. The first-order valence-electron chi connectivity index (χ1n) is 7.10. The molecule has 0 spiro atoms. The highest BCUT2D eigenvalue weighted by Crippen LogP contribution is 2.17. The molecule has 0 saturated carbocycles. The largest absolute Gasteiger partial charge is 0.476 e. The SMILES string of the molecule is N=C(N)c1ccc(C2=NOC(C(=O)NCCC(=O)C(=O)O)C2)cc1. The van der Waals surface area contributed by atoms with E-state index in [9.17, 15) is 14.4 Å². The number of amidine groups is 1. The maximum absolute atomic E-state index is 11.9. The van der Waals surface area contributed by atoms with Crippen LogP contribution in [0.5, 0.6) is 0 Å². The number of nitrogens with two attached hydrogens (primary N) is 1. The Hall–Kier alpha value is -3.23. The van der Waals surface area contributed by atoms with Crippen LogP contribution in [0.25, 0.3) is 0 Å². The Labute approximate surface area is 137 Å². The second-order valence-electron chi connectivity index (χ2n) is 5.10. The van der Waals surface area contributed by atoms with Gasteiger partial charge in [0.2, 0.25) is 11.9 Å². The van der Waals surface area contributed by atoms with Gasteiger partial charge in [0.15, 0.2) is 0 Å². The van der Waals surface area contributed by atoms with Gasteiger partial charge in [0.1, 0.15) is 5.84 Å². The predicted octanol–water partition coefficient (Wildman–Crippen LogP) is -0.376. The molecule has 0 fully saturated rings. The number of carbonyl (C=O) groups is 3. The van der Waals surface area contributed by atoms with Crippen molar-refractivity contribution in [2.45, 2.75) is 18.9 Å². The number of hydrogen-bond acceptors (Lipinski definition) is 6. The molecule has 0 bridgehead atoms. The number of carboxylic acids is 1. The standard InChI is InChI=1S/C15H16N4O5/c16-13(17)9-3-1-8(2-4-9)10-7-12(24-19-10)14(21)18-6-5-11(20)15(22)23/h1-4,12H,5-7H2,(H3,16,17)(H,18,21)(H,22,23). The first-order chi connectivity index (χ1) is 11.4. The molecular formula is C15H16N4O5. The van der Waals surface area contributed by atoms with E-state index < -0.39 is 23.8 Å². The van der Waals surface area contributed by atoms with Gasteiger partial charge >= 0.3 is 5.97 Å². The van der Waals surface area contributed by atoms with Gasteiger partial charge in [0.05, 0.1) is 5.71 Å². The van der Waals surface area contributed by atoms with Gasteiger partial charge in [-0.3, -0.25) is 15.0 Å².